The second kappa shape index (κ2) is 6.95. The van der Waals surface area contributed by atoms with E-state index in [4.69, 9.17) is 18.6 Å². The van der Waals surface area contributed by atoms with Crippen molar-refractivity contribution in [3.63, 3.8) is 0 Å². The number of hydrogen-bond donors (Lipinski definition) is 2. The Kier molecular flexibility index (Phi) is 4.98. The number of rotatable bonds is 5. The Balaban J connectivity index is 2.60. The summed E-state index contributed by atoms with van der Waals surface area (Å²) in [5.74, 6) is -1.12. The van der Waals surface area contributed by atoms with Crippen LogP contribution >= 0.6 is 0 Å². The van der Waals surface area contributed by atoms with E-state index in [9.17, 15) is 14.7 Å². The van der Waals surface area contributed by atoms with Crippen molar-refractivity contribution >= 4 is 17.8 Å². The molecule has 1 aromatic heterocycles. The number of nitrogens with one attached hydrogen (secondary N) is 1. The average molecular weight is 335 g/mol. The molecule has 2 rings (SSSR count). The molecule has 0 bridgehead atoms. The molecular weight excluding hydrogens is 318 g/mol. The minimum atomic E-state index is -0.675. The lowest BCUT2D eigenvalue weighted by Gasteiger charge is -2.08. The first-order valence-electron chi connectivity index (χ1n) is 6.91. The van der Waals surface area contributed by atoms with Crippen LogP contribution in [-0.4, -0.2) is 31.2 Å². The number of esters is 1. The van der Waals surface area contributed by atoms with Gasteiger partial charge in [0.15, 0.2) is 5.76 Å². The Morgan fingerprint density at radius 2 is 1.88 bits per heavy atom. The van der Waals surface area contributed by atoms with Crippen LogP contribution in [0.3, 0.4) is 0 Å². The molecule has 0 radical (unpaired) electrons. The standard InChI is InChI=1S/C16H17NO7/c1-8(18)17-16-15(23-9(2)19)13(20)14(24-16)11-6-5-10(21-3)7-12(11)22-4/h5-7,20H,1-4H3,(H,17,18). The molecule has 1 amide bonds. The highest BCUT2D eigenvalue weighted by molar-refractivity contribution is 5.92. The minimum absolute atomic E-state index is 0.0190. The number of carbonyl (C=O) groups excluding carboxylic acids is 2. The van der Waals surface area contributed by atoms with E-state index in [0.29, 0.717) is 17.1 Å². The van der Waals surface area contributed by atoms with Gasteiger partial charge in [-0.15, -0.1) is 0 Å². The number of furan rings is 1. The molecule has 0 spiro atoms. The van der Waals surface area contributed by atoms with E-state index in [1.54, 1.807) is 18.2 Å². The molecule has 2 N–H and O–H groups in total. The van der Waals surface area contributed by atoms with Crippen LogP contribution in [-0.2, 0) is 9.59 Å². The van der Waals surface area contributed by atoms with E-state index in [2.05, 4.69) is 5.32 Å². The molecule has 8 heteroatoms. The summed E-state index contributed by atoms with van der Waals surface area (Å²) in [6.45, 7) is 2.42. The Bertz CT molecular complexity index is 779. The fourth-order valence-electron chi connectivity index (χ4n) is 2.06. The Hall–Kier alpha value is -3.16. The van der Waals surface area contributed by atoms with Gasteiger partial charge in [-0.2, -0.15) is 0 Å². The van der Waals surface area contributed by atoms with Gasteiger partial charge in [0, 0.05) is 19.9 Å². The smallest absolute Gasteiger partial charge is 0.308 e. The number of benzene rings is 1. The van der Waals surface area contributed by atoms with Crippen molar-refractivity contribution in [2.75, 3.05) is 19.5 Å². The van der Waals surface area contributed by atoms with Gasteiger partial charge in [-0.3, -0.25) is 14.9 Å². The molecule has 1 heterocycles. The number of anilines is 1. The van der Waals surface area contributed by atoms with Crippen LogP contribution in [0.4, 0.5) is 5.88 Å². The van der Waals surface area contributed by atoms with Gasteiger partial charge in [-0.1, -0.05) is 0 Å². The highest BCUT2D eigenvalue weighted by Gasteiger charge is 2.26. The number of amides is 1. The molecule has 128 valence electrons. The summed E-state index contributed by atoms with van der Waals surface area (Å²) in [5, 5.41) is 12.7. The number of methoxy groups -OCH3 is 2. The Morgan fingerprint density at radius 3 is 2.42 bits per heavy atom. The van der Waals surface area contributed by atoms with Crippen molar-refractivity contribution in [3.05, 3.63) is 18.2 Å². The molecule has 1 aromatic carbocycles. The molecular formula is C16H17NO7. The molecule has 0 atom stereocenters. The van der Waals surface area contributed by atoms with E-state index in [1.165, 1.54) is 21.1 Å². The van der Waals surface area contributed by atoms with Crippen LogP contribution in [0.2, 0.25) is 0 Å². The summed E-state index contributed by atoms with van der Waals surface area (Å²) in [7, 11) is 2.95. The van der Waals surface area contributed by atoms with Gasteiger partial charge in [-0.25, -0.2) is 0 Å². The van der Waals surface area contributed by atoms with E-state index >= 15 is 0 Å². The third-order valence-corrected chi connectivity index (χ3v) is 3.03. The third kappa shape index (κ3) is 3.43. The van der Waals surface area contributed by atoms with E-state index in [-0.39, 0.29) is 17.4 Å². The molecule has 8 nitrogen and oxygen atoms in total. The second-order valence-corrected chi connectivity index (χ2v) is 4.78. The topological polar surface area (TPSA) is 107 Å². The molecule has 0 aliphatic carbocycles. The monoisotopic (exact) mass is 335 g/mol. The first kappa shape index (κ1) is 17.2. The largest absolute Gasteiger partial charge is 0.502 e. The summed E-state index contributed by atoms with van der Waals surface area (Å²) in [4.78, 5) is 22.5. The lowest BCUT2D eigenvalue weighted by molar-refractivity contribution is -0.132. The maximum absolute atomic E-state index is 11.3. The first-order valence-corrected chi connectivity index (χ1v) is 6.91. The molecule has 0 unspecified atom stereocenters. The van der Waals surface area contributed by atoms with E-state index < -0.39 is 17.6 Å². The quantitative estimate of drug-likeness (QED) is 0.808. The van der Waals surface area contributed by atoms with E-state index in [0.717, 1.165) is 6.92 Å². The molecule has 0 aliphatic rings. The highest BCUT2D eigenvalue weighted by atomic mass is 16.6. The molecule has 2 aromatic rings. The Labute approximate surface area is 137 Å². The van der Waals surface area contributed by atoms with Crippen LogP contribution in [0, 0.1) is 0 Å². The second-order valence-electron chi connectivity index (χ2n) is 4.78. The maximum atomic E-state index is 11.3. The number of aromatic hydroxyl groups is 1. The lowest BCUT2D eigenvalue weighted by atomic mass is 10.1. The van der Waals surface area contributed by atoms with Gasteiger partial charge in [0.25, 0.3) is 0 Å². The number of hydrogen-bond acceptors (Lipinski definition) is 7. The van der Waals surface area contributed by atoms with Crippen LogP contribution in [0.5, 0.6) is 23.0 Å². The summed E-state index contributed by atoms with van der Waals surface area (Å²) >= 11 is 0. The summed E-state index contributed by atoms with van der Waals surface area (Å²) in [5.41, 5.74) is 0.390. The molecule has 0 saturated heterocycles. The predicted molar refractivity (Wildman–Crippen MR) is 84.5 cm³/mol. The van der Waals surface area contributed by atoms with Gasteiger partial charge in [0.05, 0.1) is 19.8 Å². The van der Waals surface area contributed by atoms with Crippen molar-refractivity contribution in [2.45, 2.75) is 13.8 Å². The third-order valence-electron chi connectivity index (χ3n) is 3.03. The normalized spacial score (nSPS) is 10.2. The molecule has 0 aliphatic heterocycles. The average Bonchev–Trinajstić information content (AvgIpc) is 2.82. The number of ether oxygens (including phenoxy) is 3. The van der Waals surface area contributed by atoms with Gasteiger partial charge < -0.3 is 23.7 Å². The zero-order valence-electron chi connectivity index (χ0n) is 13.6. The van der Waals surface area contributed by atoms with Crippen molar-refractivity contribution in [1.29, 1.82) is 0 Å². The minimum Gasteiger partial charge on any atom is -0.502 e. The van der Waals surface area contributed by atoms with Gasteiger partial charge in [0.2, 0.25) is 23.3 Å². The highest BCUT2D eigenvalue weighted by Crippen LogP contribution is 2.48. The van der Waals surface area contributed by atoms with Crippen molar-refractivity contribution < 1.29 is 33.3 Å². The molecule has 0 fully saturated rings. The Morgan fingerprint density at radius 1 is 1.17 bits per heavy atom. The van der Waals surface area contributed by atoms with Gasteiger partial charge in [0.1, 0.15) is 11.5 Å². The fraction of sp³-hybridized carbons (Fsp3) is 0.250. The lowest BCUT2D eigenvalue weighted by Crippen LogP contribution is -2.08. The summed E-state index contributed by atoms with van der Waals surface area (Å²) in [6.07, 6.45) is 0. The van der Waals surface area contributed by atoms with Crippen LogP contribution in [0.25, 0.3) is 11.3 Å². The van der Waals surface area contributed by atoms with Crippen molar-refractivity contribution in [1.82, 2.24) is 0 Å². The van der Waals surface area contributed by atoms with Crippen molar-refractivity contribution in [3.8, 4) is 34.3 Å². The fourth-order valence-corrected chi connectivity index (χ4v) is 2.06. The molecule has 24 heavy (non-hydrogen) atoms. The van der Waals surface area contributed by atoms with Crippen molar-refractivity contribution in [2.24, 2.45) is 0 Å². The first-order chi connectivity index (χ1) is 11.4. The SMILES string of the molecule is COc1ccc(-c2oc(NC(C)=O)c(OC(C)=O)c2O)c(OC)c1. The van der Waals surface area contributed by atoms with E-state index in [1.807, 2.05) is 0 Å². The maximum Gasteiger partial charge on any atom is 0.308 e. The molecule has 0 saturated carbocycles. The van der Waals surface area contributed by atoms with Gasteiger partial charge >= 0.3 is 5.97 Å². The predicted octanol–water partition coefficient (Wildman–Crippen LogP) is 2.55. The zero-order valence-corrected chi connectivity index (χ0v) is 13.6. The van der Waals surface area contributed by atoms with Crippen LogP contribution in [0.1, 0.15) is 13.8 Å². The van der Waals surface area contributed by atoms with Crippen LogP contribution in [0.15, 0.2) is 22.6 Å². The van der Waals surface area contributed by atoms with Crippen LogP contribution < -0.4 is 19.5 Å². The summed E-state index contributed by atoms with van der Waals surface area (Å²) in [6, 6.07) is 4.84. The summed E-state index contributed by atoms with van der Waals surface area (Å²) < 4.78 is 20.8. The zero-order chi connectivity index (χ0) is 17.9. The van der Waals surface area contributed by atoms with Gasteiger partial charge in [-0.05, 0) is 12.1 Å². The number of carbonyl (C=O) groups is 2.